The normalized spacial score (nSPS) is 13.3. The standard InChI is InChI=1S/C25H31FN2O/c1-25(16-18-28-19-17-27-21-28,15-14-23-10-12-24(26)13-11-23)29-20-6-5-9-22-7-3-2-4-8-22/h2-4,7-8,10-13,17,19,21H,5-6,9,14-16,18,20H2,1H3. The number of hydrogen-bond acceptors (Lipinski definition) is 2. The molecule has 3 aromatic rings. The molecule has 4 heteroatoms. The average molecular weight is 395 g/mol. The van der Waals surface area contributed by atoms with Crippen molar-refractivity contribution >= 4 is 0 Å². The molecule has 0 amide bonds. The summed E-state index contributed by atoms with van der Waals surface area (Å²) in [7, 11) is 0. The van der Waals surface area contributed by atoms with E-state index in [0.717, 1.165) is 57.2 Å². The first-order valence-corrected chi connectivity index (χ1v) is 10.5. The van der Waals surface area contributed by atoms with Crippen molar-refractivity contribution < 1.29 is 9.13 Å². The van der Waals surface area contributed by atoms with Gasteiger partial charge in [-0.25, -0.2) is 9.37 Å². The number of aryl methyl sites for hydroxylation is 3. The Kier molecular flexibility index (Phi) is 8.00. The van der Waals surface area contributed by atoms with Crippen molar-refractivity contribution in [3.05, 3.63) is 90.3 Å². The number of rotatable bonds is 12. The Morgan fingerprint density at radius 2 is 1.69 bits per heavy atom. The molecule has 1 unspecified atom stereocenters. The predicted octanol–water partition coefficient (Wildman–Crippen LogP) is 5.84. The number of halogens is 1. The molecule has 1 aromatic heterocycles. The third-order valence-electron chi connectivity index (χ3n) is 5.47. The van der Waals surface area contributed by atoms with Gasteiger partial charge in [0.15, 0.2) is 0 Å². The molecule has 0 saturated carbocycles. The highest BCUT2D eigenvalue weighted by Crippen LogP contribution is 2.24. The Hall–Kier alpha value is -2.46. The van der Waals surface area contributed by atoms with Crippen molar-refractivity contribution in [1.82, 2.24) is 9.55 Å². The van der Waals surface area contributed by atoms with Gasteiger partial charge in [0.2, 0.25) is 0 Å². The highest BCUT2D eigenvalue weighted by atomic mass is 19.1. The number of unbranched alkanes of at least 4 members (excludes halogenated alkanes) is 1. The van der Waals surface area contributed by atoms with E-state index < -0.39 is 0 Å². The van der Waals surface area contributed by atoms with E-state index in [9.17, 15) is 4.39 Å². The van der Waals surface area contributed by atoms with Gasteiger partial charge in [-0.15, -0.1) is 0 Å². The van der Waals surface area contributed by atoms with Crippen molar-refractivity contribution in [2.75, 3.05) is 6.61 Å². The summed E-state index contributed by atoms with van der Waals surface area (Å²) in [6, 6.07) is 17.4. The van der Waals surface area contributed by atoms with Gasteiger partial charge in [-0.2, -0.15) is 0 Å². The van der Waals surface area contributed by atoms with E-state index in [-0.39, 0.29) is 11.4 Å². The van der Waals surface area contributed by atoms with E-state index in [1.165, 1.54) is 17.7 Å². The molecule has 2 aromatic carbocycles. The maximum Gasteiger partial charge on any atom is 0.123 e. The van der Waals surface area contributed by atoms with Gasteiger partial charge in [0.05, 0.1) is 11.9 Å². The number of aromatic nitrogens is 2. The van der Waals surface area contributed by atoms with Crippen LogP contribution < -0.4 is 0 Å². The minimum absolute atomic E-state index is 0.189. The lowest BCUT2D eigenvalue weighted by atomic mass is 9.93. The molecule has 0 spiro atoms. The fourth-order valence-electron chi connectivity index (χ4n) is 3.51. The fraction of sp³-hybridized carbons (Fsp3) is 0.400. The van der Waals surface area contributed by atoms with Crippen LogP contribution in [-0.4, -0.2) is 21.8 Å². The fourth-order valence-corrected chi connectivity index (χ4v) is 3.51. The summed E-state index contributed by atoms with van der Waals surface area (Å²) >= 11 is 0. The SMILES string of the molecule is CC(CCc1ccc(F)cc1)(CCn1ccnc1)OCCCCc1ccccc1. The molecule has 1 atom stereocenters. The third kappa shape index (κ3) is 7.47. The van der Waals surface area contributed by atoms with Gasteiger partial charge in [-0.3, -0.25) is 0 Å². The van der Waals surface area contributed by atoms with Gasteiger partial charge in [0.1, 0.15) is 5.82 Å². The van der Waals surface area contributed by atoms with Gasteiger partial charge >= 0.3 is 0 Å². The van der Waals surface area contributed by atoms with Crippen molar-refractivity contribution in [2.45, 2.75) is 57.6 Å². The second kappa shape index (κ2) is 10.9. The Labute approximate surface area is 173 Å². The smallest absolute Gasteiger partial charge is 0.123 e. The van der Waals surface area contributed by atoms with Crippen molar-refractivity contribution in [3.63, 3.8) is 0 Å². The van der Waals surface area contributed by atoms with Crippen LogP contribution in [0, 0.1) is 5.82 Å². The average Bonchev–Trinajstić information content (AvgIpc) is 3.26. The minimum Gasteiger partial charge on any atom is -0.375 e. The maximum atomic E-state index is 13.2. The number of nitrogens with zero attached hydrogens (tertiary/aromatic N) is 2. The Morgan fingerprint density at radius 1 is 0.931 bits per heavy atom. The van der Waals surface area contributed by atoms with Crippen LogP contribution in [0.15, 0.2) is 73.3 Å². The molecule has 3 rings (SSSR count). The molecule has 154 valence electrons. The molecule has 3 nitrogen and oxygen atoms in total. The Morgan fingerprint density at radius 3 is 2.41 bits per heavy atom. The summed E-state index contributed by atoms with van der Waals surface area (Å²) in [5.74, 6) is -0.189. The summed E-state index contributed by atoms with van der Waals surface area (Å²) in [6.45, 7) is 3.84. The summed E-state index contributed by atoms with van der Waals surface area (Å²) in [5.41, 5.74) is 2.31. The minimum atomic E-state index is -0.217. The zero-order valence-electron chi connectivity index (χ0n) is 17.3. The second-order valence-electron chi connectivity index (χ2n) is 7.92. The van der Waals surface area contributed by atoms with E-state index in [4.69, 9.17) is 4.74 Å². The largest absolute Gasteiger partial charge is 0.375 e. The van der Waals surface area contributed by atoms with Gasteiger partial charge < -0.3 is 9.30 Å². The monoisotopic (exact) mass is 394 g/mol. The summed E-state index contributed by atoms with van der Waals surface area (Å²) in [4.78, 5) is 4.13. The number of imidazole rings is 1. The molecule has 0 saturated heterocycles. The molecule has 0 aliphatic carbocycles. The molecular formula is C25H31FN2O. The summed E-state index contributed by atoms with van der Waals surface area (Å²) < 4.78 is 21.7. The predicted molar refractivity (Wildman–Crippen MR) is 115 cm³/mol. The lowest BCUT2D eigenvalue weighted by Gasteiger charge is -2.30. The molecule has 0 fully saturated rings. The van der Waals surface area contributed by atoms with Crippen molar-refractivity contribution in [3.8, 4) is 0 Å². The molecule has 0 aliphatic heterocycles. The van der Waals surface area contributed by atoms with Crippen LogP contribution in [0.5, 0.6) is 0 Å². The highest BCUT2D eigenvalue weighted by Gasteiger charge is 2.24. The van der Waals surface area contributed by atoms with Gasteiger partial charge in [0, 0.05) is 25.5 Å². The first kappa shape index (κ1) is 21.3. The van der Waals surface area contributed by atoms with Crippen LogP contribution in [-0.2, 0) is 24.1 Å². The van der Waals surface area contributed by atoms with E-state index in [2.05, 4.69) is 46.8 Å². The van der Waals surface area contributed by atoms with Gasteiger partial charge in [-0.05, 0) is 68.7 Å². The third-order valence-corrected chi connectivity index (χ3v) is 5.47. The summed E-state index contributed by atoms with van der Waals surface area (Å²) in [5, 5.41) is 0. The number of ether oxygens (including phenoxy) is 1. The van der Waals surface area contributed by atoms with Crippen LogP contribution in [0.25, 0.3) is 0 Å². The van der Waals surface area contributed by atoms with Gasteiger partial charge in [0.25, 0.3) is 0 Å². The zero-order valence-corrected chi connectivity index (χ0v) is 17.3. The Balaban J connectivity index is 1.49. The van der Waals surface area contributed by atoms with Crippen LogP contribution >= 0.6 is 0 Å². The lowest BCUT2D eigenvalue weighted by molar-refractivity contribution is -0.0473. The second-order valence-corrected chi connectivity index (χ2v) is 7.92. The van der Waals surface area contributed by atoms with Crippen LogP contribution in [0.2, 0.25) is 0 Å². The molecule has 29 heavy (non-hydrogen) atoms. The van der Waals surface area contributed by atoms with Crippen molar-refractivity contribution in [2.24, 2.45) is 0 Å². The summed E-state index contributed by atoms with van der Waals surface area (Å²) in [6.07, 6.45) is 11.6. The van der Waals surface area contributed by atoms with E-state index >= 15 is 0 Å². The van der Waals surface area contributed by atoms with Crippen LogP contribution in [0.4, 0.5) is 4.39 Å². The quantitative estimate of drug-likeness (QED) is 0.361. The van der Waals surface area contributed by atoms with E-state index in [1.54, 1.807) is 6.20 Å². The molecule has 0 aliphatic rings. The Bertz CT molecular complexity index is 818. The van der Waals surface area contributed by atoms with Crippen molar-refractivity contribution in [1.29, 1.82) is 0 Å². The number of hydrogen-bond donors (Lipinski definition) is 0. The first-order valence-electron chi connectivity index (χ1n) is 10.5. The number of benzene rings is 2. The lowest BCUT2D eigenvalue weighted by Crippen LogP contribution is -2.31. The molecule has 1 heterocycles. The molecule has 0 N–H and O–H groups in total. The molecule has 0 radical (unpaired) electrons. The molecule has 0 bridgehead atoms. The van der Waals surface area contributed by atoms with E-state index in [1.807, 2.05) is 24.7 Å². The topological polar surface area (TPSA) is 27.1 Å². The first-order chi connectivity index (χ1) is 14.1. The highest BCUT2D eigenvalue weighted by molar-refractivity contribution is 5.16. The molecular weight excluding hydrogens is 363 g/mol. The van der Waals surface area contributed by atoms with Crippen LogP contribution in [0.3, 0.4) is 0 Å². The van der Waals surface area contributed by atoms with Crippen LogP contribution in [0.1, 0.15) is 43.7 Å². The van der Waals surface area contributed by atoms with Gasteiger partial charge in [-0.1, -0.05) is 42.5 Å². The maximum absolute atomic E-state index is 13.2. The zero-order chi connectivity index (χ0) is 20.4. The van der Waals surface area contributed by atoms with E-state index in [0.29, 0.717) is 0 Å².